The SMILES string of the molecule is CC.CNC(=O)Nc1c2c(c(F)c3c1CCC3)CCC2. The average Bonchev–Trinajstić information content (AvgIpc) is 3.14. The fraction of sp³-hybridized carbons (Fsp3) is 0.562. The third-order valence-electron chi connectivity index (χ3n) is 4.03. The van der Waals surface area contributed by atoms with Gasteiger partial charge in [0.1, 0.15) is 5.82 Å². The maximum atomic E-state index is 14.3. The number of urea groups is 1. The quantitative estimate of drug-likeness (QED) is 0.810. The molecule has 2 aliphatic rings. The van der Waals surface area contributed by atoms with E-state index in [1.54, 1.807) is 7.05 Å². The number of amides is 2. The zero-order chi connectivity index (χ0) is 14.7. The van der Waals surface area contributed by atoms with Crippen LogP contribution in [0.25, 0.3) is 0 Å². The van der Waals surface area contributed by atoms with E-state index in [4.69, 9.17) is 0 Å². The molecule has 0 spiro atoms. The van der Waals surface area contributed by atoms with Crippen molar-refractivity contribution in [2.24, 2.45) is 0 Å². The maximum absolute atomic E-state index is 14.3. The van der Waals surface area contributed by atoms with Crippen molar-refractivity contribution in [1.29, 1.82) is 0 Å². The Kier molecular flexibility index (Phi) is 4.63. The molecule has 0 aromatic heterocycles. The monoisotopic (exact) mass is 278 g/mol. The summed E-state index contributed by atoms with van der Waals surface area (Å²) in [6.07, 6.45) is 5.32. The van der Waals surface area contributed by atoms with Gasteiger partial charge < -0.3 is 10.6 Å². The summed E-state index contributed by atoms with van der Waals surface area (Å²) >= 11 is 0. The van der Waals surface area contributed by atoms with Gasteiger partial charge in [-0.1, -0.05) is 13.8 Å². The molecule has 0 atom stereocenters. The van der Waals surface area contributed by atoms with E-state index >= 15 is 0 Å². The molecule has 0 fully saturated rings. The Morgan fingerprint density at radius 2 is 1.40 bits per heavy atom. The van der Waals surface area contributed by atoms with E-state index in [0.29, 0.717) is 0 Å². The highest BCUT2D eigenvalue weighted by Gasteiger charge is 2.29. The van der Waals surface area contributed by atoms with Crippen molar-refractivity contribution >= 4 is 11.7 Å². The van der Waals surface area contributed by atoms with Gasteiger partial charge in [0.2, 0.25) is 0 Å². The topological polar surface area (TPSA) is 41.1 Å². The molecule has 110 valence electrons. The molecule has 20 heavy (non-hydrogen) atoms. The third-order valence-corrected chi connectivity index (χ3v) is 4.03. The van der Waals surface area contributed by atoms with Crippen LogP contribution in [0.3, 0.4) is 0 Å². The lowest BCUT2D eigenvalue weighted by molar-refractivity contribution is 0.254. The first-order valence-electron chi connectivity index (χ1n) is 7.56. The van der Waals surface area contributed by atoms with E-state index in [9.17, 15) is 9.18 Å². The molecule has 3 rings (SSSR count). The minimum atomic E-state index is -0.218. The summed E-state index contributed by atoms with van der Waals surface area (Å²) in [4.78, 5) is 11.5. The van der Waals surface area contributed by atoms with Crippen molar-refractivity contribution < 1.29 is 9.18 Å². The molecule has 4 heteroatoms. The molecule has 0 saturated carbocycles. The lowest BCUT2D eigenvalue weighted by Gasteiger charge is -2.16. The lowest BCUT2D eigenvalue weighted by atomic mass is 9.98. The van der Waals surface area contributed by atoms with Crippen LogP contribution in [0.15, 0.2) is 0 Å². The van der Waals surface area contributed by atoms with E-state index in [1.807, 2.05) is 13.8 Å². The maximum Gasteiger partial charge on any atom is 0.318 e. The summed E-state index contributed by atoms with van der Waals surface area (Å²) in [6, 6.07) is -0.218. The second-order valence-corrected chi connectivity index (χ2v) is 5.01. The Morgan fingerprint density at radius 3 is 1.85 bits per heavy atom. The van der Waals surface area contributed by atoms with Gasteiger partial charge in [-0.05, 0) is 60.8 Å². The molecule has 0 saturated heterocycles. The van der Waals surface area contributed by atoms with Gasteiger partial charge in [0.15, 0.2) is 0 Å². The highest BCUT2D eigenvalue weighted by molar-refractivity contribution is 5.91. The fourth-order valence-corrected chi connectivity index (χ4v) is 3.21. The van der Waals surface area contributed by atoms with Crippen LogP contribution < -0.4 is 10.6 Å². The first-order valence-corrected chi connectivity index (χ1v) is 7.56. The van der Waals surface area contributed by atoms with Crippen LogP contribution in [0.5, 0.6) is 0 Å². The summed E-state index contributed by atoms with van der Waals surface area (Å²) in [7, 11) is 1.60. The van der Waals surface area contributed by atoms with Crippen molar-refractivity contribution in [3.8, 4) is 0 Å². The van der Waals surface area contributed by atoms with Crippen LogP contribution in [0.1, 0.15) is 48.9 Å². The molecular weight excluding hydrogens is 255 g/mol. The lowest BCUT2D eigenvalue weighted by Crippen LogP contribution is -2.26. The number of halogens is 1. The minimum absolute atomic E-state index is 0.00235. The molecule has 3 nitrogen and oxygen atoms in total. The Balaban J connectivity index is 0.000000704. The van der Waals surface area contributed by atoms with Crippen molar-refractivity contribution in [2.45, 2.75) is 52.4 Å². The van der Waals surface area contributed by atoms with Gasteiger partial charge in [-0.2, -0.15) is 0 Å². The van der Waals surface area contributed by atoms with Crippen LogP contribution in [-0.4, -0.2) is 13.1 Å². The van der Waals surface area contributed by atoms with Crippen LogP contribution in [0.4, 0.5) is 14.9 Å². The second kappa shape index (κ2) is 6.25. The van der Waals surface area contributed by atoms with Crippen LogP contribution in [-0.2, 0) is 25.7 Å². The first-order chi connectivity index (χ1) is 9.72. The van der Waals surface area contributed by atoms with E-state index in [1.165, 1.54) is 0 Å². The predicted molar refractivity (Wildman–Crippen MR) is 79.9 cm³/mol. The number of rotatable bonds is 1. The summed E-state index contributed by atoms with van der Waals surface area (Å²) < 4.78 is 14.3. The van der Waals surface area contributed by atoms with Gasteiger partial charge >= 0.3 is 6.03 Å². The molecule has 2 N–H and O–H groups in total. The number of hydrogen-bond donors (Lipinski definition) is 2. The minimum Gasteiger partial charge on any atom is -0.341 e. The number of anilines is 1. The Hall–Kier alpha value is -1.58. The zero-order valence-electron chi connectivity index (χ0n) is 12.5. The van der Waals surface area contributed by atoms with E-state index in [0.717, 1.165) is 66.5 Å². The van der Waals surface area contributed by atoms with Crippen molar-refractivity contribution in [3.05, 3.63) is 28.1 Å². The van der Waals surface area contributed by atoms with Crippen LogP contribution >= 0.6 is 0 Å². The van der Waals surface area contributed by atoms with Gasteiger partial charge in [0, 0.05) is 12.7 Å². The molecule has 1 aromatic carbocycles. The molecule has 1 aromatic rings. The van der Waals surface area contributed by atoms with Crippen molar-refractivity contribution in [3.63, 3.8) is 0 Å². The number of fused-ring (bicyclic) bond motifs is 2. The normalized spacial score (nSPS) is 15.0. The van der Waals surface area contributed by atoms with E-state index in [2.05, 4.69) is 10.6 Å². The summed E-state index contributed by atoms with van der Waals surface area (Å²) in [5.74, 6) is -0.00235. The standard InChI is InChI=1S/C14H17FN2O.C2H6/c1-16-14(18)17-13-10-6-2-4-8(10)12(15)9-5-3-7-11(9)13;1-2/h2-7H2,1H3,(H2,16,17,18);1-2H3. The number of benzene rings is 1. The molecular formula is C16H23FN2O. The molecule has 2 amide bonds. The van der Waals surface area contributed by atoms with Gasteiger partial charge in [0.25, 0.3) is 0 Å². The summed E-state index contributed by atoms with van der Waals surface area (Å²) in [5, 5.41) is 5.47. The van der Waals surface area contributed by atoms with Gasteiger partial charge in [-0.3, -0.25) is 0 Å². The molecule has 0 radical (unpaired) electrons. The molecule has 0 heterocycles. The van der Waals surface area contributed by atoms with Crippen molar-refractivity contribution in [1.82, 2.24) is 5.32 Å². The summed E-state index contributed by atoms with van der Waals surface area (Å²) in [5.41, 5.74) is 4.60. The highest BCUT2D eigenvalue weighted by atomic mass is 19.1. The van der Waals surface area contributed by atoms with E-state index in [-0.39, 0.29) is 11.8 Å². The highest BCUT2D eigenvalue weighted by Crippen LogP contribution is 2.40. The van der Waals surface area contributed by atoms with Crippen molar-refractivity contribution in [2.75, 3.05) is 12.4 Å². The Bertz CT molecular complexity index is 491. The largest absolute Gasteiger partial charge is 0.341 e. The Morgan fingerprint density at radius 1 is 0.950 bits per heavy atom. The van der Waals surface area contributed by atoms with Crippen LogP contribution in [0, 0.1) is 5.82 Å². The molecule has 0 bridgehead atoms. The Labute approximate surface area is 120 Å². The molecule has 0 unspecified atom stereocenters. The summed E-state index contributed by atoms with van der Waals surface area (Å²) in [6.45, 7) is 4.00. The zero-order valence-corrected chi connectivity index (χ0v) is 12.5. The van der Waals surface area contributed by atoms with E-state index < -0.39 is 0 Å². The predicted octanol–water partition coefficient (Wildman–Crippen LogP) is 3.58. The number of carbonyl (C=O) groups excluding carboxylic acids is 1. The number of nitrogens with one attached hydrogen (secondary N) is 2. The number of hydrogen-bond acceptors (Lipinski definition) is 1. The molecule has 0 aliphatic heterocycles. The fourth-order valence-electron chi connectivity index (χ4n) is 3.21. The second-order valence-electron chi connectivity index (χ2n) is 5.01. The van der Waals surface area contributed by atoms with Gasteiger partial charge in [-0.25, -0.2) is 9.18 Å². The first kappa shape index (κ1) is 14.8. The third kappa shape index (κ3) is 2.39. The smallest absolute Gasteiger partial charge is 0.318 e. The van der Waals surface area contributed by atoms with Crippen LogP contribution in [0.2, 0.25) is 0 Å². The average molecular weight is 278 g/mol. The number of carbonyl (C=O) groups is 1. The van der Waals surface area contributed by atoms with Gasteiger partial charge in [-0.15, -0.1) is 0 Å². The van der Waals surface area contributed by atoms with Gasteiger partial charge in [0.05, 0.1) is 0 Å². The molecule has 2 aliphatic carbocycles.